The van der Waals surface area contributed by atoms with Gasteiger partial charge in [0, 0.05) is 31.1 Å². The smallest absolute Gasteiger partial charge is 0.265 e. The zero-order valence-electron chi connectivity index (χ0n) is 18.0. The van der Waals surface area contributed by atoms with Gasteiger partial charge in [-0.3, -0.25) is 9.59 Å². The van der Waals surface area contributed by atoms with Gasteiger partial charge in [0.1, 0.15) is 15.7 Å². The molecule has 4 rings (SSSR count). The van der Waals surface area contributed by atoms with E-state index in [4.69, 9.17) is 0 Å². The summed E-state index contributed by atoms with van der Waals surface area (Å²) in [5.74, 6) is 0.223. The number of hydrogen-bond donors (Lipinski definition) is 1. The maximum absolute atomic E-state index is 13.2. The van der Waals surface area contributed by atoms with Crippen molar-refractivity contribution in [3.63, 3.8) is 0 Å². The fraction of sp³-hybridized carbons (Fsp3) is 0.542. The van der Waals surface area contributed by atoms with Gasteiger partial charge in [0.05, 0.1) is 5.69 Å². The zero-order chi connectivity index (χ0) is 21.8. The number of hydrogen-bond acceptors (Lipinski definition) is 4. The summed E-state index contributed by atoms with van der Waals surface area (Å²) in [6.45, 7) is 3.19. The van der Waals surface area contributed by atoms with Crippen LogP contribution < -0.4 is 5.32 Å². The molecule has 0 radical (unpaired) electrons. The maximum Gasteiger partial charge on any atom is 0.265 e. The van der Waals surface area contributed by atoms with Crippen LogP contribution in [0, 0.1) is 18.7 Å². The normalized spacial score (nSPS) is 18.2. The third-order valence-electron chi connectivity index (χ3n) is 6.43. The molecule has 7 heteroatoms. The monoisotopic (exact) mass is 443 g/mol. The van der Waals surface area contributed by atoms with Crippen molar-refractivity contribution < 1.29 is 14.0 Å². The molecule has 31 heavy (non-hydrogen) atoms. The fourth-order valence-corrected chi connectivity index (χ4v) is 5.63. The Morgan fingerprint density at radius 3 is 2.45 bits per heavy atom. The molecule has 2 fully saturated rings. The first kappa shape index (κ1) is 21.9. The molecule has 2 heterocycles. The summed E-state index contributed by atoms with van der Waals surface area (Å²) in [7, 11) is 0. The lowest BCUT2D eigenvalue weighted by Gasteiger charge is -2.32. The van der Waals surface area contributed by atoms with Crippen LogP contribution in [0.5, 0.6) is 0 Å². The van der Waals surface area contributed by atoms with Crippen LogP contribution in [0.4, 0.5) is 4.39 Å². The number of nitrogens with zero attached hydrogens (tertiary/aromatic N) is 2. The highest BCUT2D eigenvalue weighted by Gasteiger charge is 2.28. The van der Waals surface area contributed by atoms with Crippen molar-refractivity contribution in [3.05, 3.63) is 40.7 Å². The number of thiazole rings is 1. The molecule has 1 N–H and O–H groups in total. The van der Waals surface area contributed by atoms with Crippen molar-refractivity contribution >= 4 is 23.2 Å². The number of aromatic nitrogens is 1. The summed E-state index contributed by atoms with van der Waals surface area (Å²) in [6.07, 6.45) is 8.19. The molecule has 1 aliphatic heterocycles. The van der Waals surface area contributed by atoms with E-state index in [1.807, 2.05) is 11.8 Å². The predicted octanol–water partition coefficient (Wildman–Crippen LogP) is 4.95. The second-order valence-electron chi connectivity index (χ2n) is 8.78. The first-order chi connectivity index (χ1) is 15.0. The van der Waals surface area contributed by atoms with Gasteiger partial charge in [-0.1, -0.05) is 19.3 Å². The molecule has 2 amide bonds. The van der Waals surface area contributed by atoms with Gasteiger partial charge < -0.3 is 10.2 Å². The summed E-state index contributed by atoms with van der Waals surface area (Å²) in [5, 5.41) is 3.94. The Morgan fingerprint density at radius 2 is 1.77 bits per heavy atom. The lowest BCUT2D eigenvalue weighted by atomic mass is 9.92. The molecule has 0 unspecified atom stereocenters. The zero-order valence-corrected chi connectivity index (χ0v) is 18.8. The molecule has 166 valence electrons. The molecule has 1 aliphatic carbocycles. The van der Waals surface area contributed by atoms with Gasteiger partial charge in [-0.05, 0) is 62.8 Å². The second-order valence-corrected chi connectivity index (χ2v) is 9.78. The van der Waals surface area contributed by atoms with Gasteiger partial charge >= 0.3 is 0 Å². The van der Waals surface area contributed by atoms with E-state index in [2.05, 4.69) is 10.3 Å². The largest absolute Gasteiger partial charge is 0.353 e. The molecule has 1 saturated heterocycles. The van der Waals surface area contributed by atoms with Gasteiger partial charge in [0.2, 0.25) is 5.91 Å². The number of carbonyl (C=O) groups excluding carboxylic acids is 2. The van der Waals surface area contributed by atoms with E-state index in [0.717, 1.165) is 36.3 Å². The molecule has 1 aromatic heterocycles. The average Bonchev–Trinajstić information content (AvgIpc) is 3.16. The van der Waals surface area contributed by atoms with Crippen LogP contribution in [0.1, 0.15) is 66.7 Å². The fourth-order valence-electron chi connectivity index (χ4n) is 4.59. The lowest BCUT2D eigenvalue weighted by molar-refractivity contribution is -0.123. The Morgan fingerprint density at radius 1 is 1.10 bits per heavy atom. The molecule has 0 atom stereocenters. The number of carbonyl (C=O) groups is 2. The van der Waals surface area contributed by atoms with Gasteiger partial charge in [-0.15, -0.1) is 11.3 Å². The summed E-state index contributed by atoms with van der Waals surface area (Å²) in [4.78, 5) is 32.5. The highest BCUT2D eigenvalue weighted by Crippen LogP contribution is 2.30. The van der Waals surface area contributed by atoms with Crippen LogP contribution in [-0.4, -0.2) is 40.8 Å². The molecule has 1 aromatic carbocycles. The van der Waals surface area contributed by atoms with Gasteiger partial charge in [0.25, 0.3) is 5.91 Å². The van der Waals surface area contributed by atoms with Crippen LogP contribution in [0.25, 0.3) is 10.6 Å². The van der Waals surface area contributed by atoms with Gasteiger partial charge in [0.15, 0.2) is 0 Å². The Hall–Kier alpha value is -2.28. The average molecular weight is 444 g/mol. The first-order valence-electron chi connectivity index (χ1n) is 11.3. The first-order valence-corrected chi connectivity index (χ1v) is 12.1. The number of halogens is 1. The van der Waals surface area contributed by atoms with E-state index in [1.165, 1.54) is 42.7 Å². The SMILES string of the molecule is Cc1nc(-c2ccc(F)cc2)sc1C(=O)N1CCC(CC(=O)NC2CCCCC2)CC1. The summed E-state index contributed by atoms with van der Waals surface area (Å²) < 4.78 is 13.2. The third-order valence-corrected chi connectivity index (χ3v) is 7.62. The van der Waals surface area contributed by atoms with Crippen LogP contribution in [0.15, 0.2) is 24.3 Å². The van der Waals surface area contributed by atoms with E-state index in [-0.39, 0.29) is 17.6 Å². The molecule has 0 spiro atoms. The molecule has 0 bridgehead atoms. The van der Waals surface area contributed by atoms with Crippen LogP contribution in [0.2, 0.25) is 0 Å². The Bertz CT molecular complexity index is 913. The van der Waals surface area contributed by atoms with Crippen LogP contribution >= 0.6 is 11.3 Å². The van der Waals surface area contributed by atoms with Crippen molar-refractivity contribution in [3.8, 4) is 10.6 Å². The number of aryl methyl sites for hydroxylation is 1. The predicted molar refractivity (Wildman–Crippen MR) is 121 cm³/mol. The van der Waals surface area contributed by atoms with E-state index < -0.39 is 0 Å². The topological polar surface area (TPSA) is 62.3 Å². The molecular formula is C24H30FN3O2S. The highest BCUT2D eigenvalue weighted by molar-refractivity contribution is 7.17. The molecule has 2 aliphatic rings. The maximum atomic E-state index is 13.2. The Labute approximate surface area is 187 Å². The molecule has 1 saturated carbocycles. The number of benzene rings is 1. The summed E-state index contributed by atoms with van der Waals surface area (Å²) >= 11 is 1.36. The molecule has 2 aromatic rings. The van der Waals surface area contributed by atoms with Gasteiger partial charge in [-0.25, -0.2) is 9.37 Å². The molecular weight excluding hydrogens is 413 g/mol. The summed E-state index contributed by atoms with van der Waals surface area (Å²) in [6, 6.07) is 6.54. The second kappa shape index (κ2) is 9.90. The van der Waals surface area contributed by atoms with E-state index in [1.54, 1.807) is 12.1 Å². The van der Waals surface area contributed by atoms with Crippen molar-refractivity contribution in [1.29, 1.82) is 0 Å². The van der Waals surface area contributed by atoms with Crippen molar-refractivity contribution in [2.24, 2.45) is 5.92 Å². The number of likely N-dealkylation sites (tertiary alicyclic amines) is 1. The minimum atomic E-state index is -0.288. The Kier molecular flexibility index (Phi) is 7.00. The lowest BCUT2D eigenvalue weighted by Crippen LogP contribution is -2.41. The number of amides is 2. The van der Waals surface area contributed by atoms with Crippen molar-refractivity contribution in [2.75, 3.05) is 13.1 Å². The summed E-state index contributed by atoms with van der Waals surface area (Å²) in [5.41, 5.74) is 1.53. The number of nitrogens with one attached hydrogen (secondary N) is 1. The van der Waals surface area contributed by atoms with Crippen LogP contribution in [0.3, 0.4) is 0 Å². The minimum absolute atomic E-state index is 0.00784. The van der Waals surface area contributed by atoms with E-state index in [0.29, 0.717) is 42.0 Å². The van der Waals surface area contributed by atoms with Crippen LogP contribution in [-0.2, 0) is 4.79 Å². The number of piperidine rings is 1. The Balaban J connectivity index is 1.30. The van der Waals surface area contributed by atoms with Gasteiger partial charge in [-0.2, -0.15) is 0 Å². The van der Waals surface area contributed by atoms with E-state index in [9.17, 15) is 14.0 Å². The minimum Gasteiger partial charge on any atom is -0.353 e. The highest BCUT2D eigenvalue weighted by atomic mass is 32.1. The van der Waals surface area contributed by atoms with E-state index >= 15 is 0 Å². The molecule has 5 nitrogen and oxygen atoms in total. The number of rotatable bonds is 5. The van der Waals surface area contributed by atoms with Crippen molar-refractivity contribution in [2.45, 2.75) is 64.3 Å². The van der Waals surface area contributed by atoms with Crippen molar-refractivity contribution in [1.82, 2.24) is 15.2 Å². The standard InChI is InChI=1S/C24H30FN3O2S/c1-16-22(31-23(26-16)18-7-9-19(25)10-8-18)24(30)28-13-11-17(12-14-28)15-21(29)27-20-5-3-2-4-6-20/h7-10,17,20H,2-6,11-15H2,1H3,(H,27,29). The quantitative estimate of drug-likeness (QED) is 0.711. The third kappa shape index (κ3) is 5.50.